The molecule has 0 spiro atoms. The molecular formula is C29H22N6O3. The van der Waals surface area contributed by atoms with Crippen molar-refractivity contribution in [3.05, 3.63) is 84.8 Å². The maximum Gasteiger partial charge on any atom is 0.266 e. The molecule has 38 heavy (non-hydrogen) atoms. The number of pyridine rings is 1. The Morgan fingerprint density at radius 2 is 2.08 bits per heavy atom. The number of hydrogen-bond acceptors (Lipinski definition) is 7. The van der Waals surface area contributed by atoms with Crippen molar-refractivity contribution in [3.8, 4) is 28.8 Å². The summed E-state index contributed by atoms with van der Waals surface area (Å²) < 4.78 is 11.2. The first-order chi connectivity index (χ1) is 18.5. The van der Waals surface area contributed by atoms with Gasteiger partial charge in [-0.2, -0.15) is 5.26 Å². The minimum atomic E-state index is -0.485. The smallest absolute Gasteiger partial charge is 0.266 e. The fourth-order valence-corrected chi connectivity index (χ4v) is 4.35. The zero-order chi connectivity index (χ0) is 26.1. The van der Waals surface area contributed by atoms with Gasteiger partial charge in [0.2, 0.25) is 5.88 Å². The Labute approximate surface area is 217 Å². The molecule has 186 valence electrons. The highest BCUT2D eigenvalue weighted by atomic mass is 16.5. The number of nitrogens with zero attached hydrogens (tertiary/aromatic N) is 4. The van der Waals surface area contributed by atoms with Crippen LogP contribution in [-0.4, -0.2) is 39.1 Å². The van der Waals surface area contributed by atoms with Crippen molar-refractivity contribution in [2.75, 3.05) is 18.5 Å². The number of carbonyl (C=O) groups excluding carboxylic acids is 1. The molecular weight excluding hydrogens is 480 g/mol. The van der Waals surface area contributed by atoms with Crippen LogP contribution in [-0.2, 0) is 9.53 Å². The van der Waals surface area contributed by atoms with Crippen LogP contribution in [0.3, 0.4) is 0 Å². The second kappa shape index (κ2) is 9.42. The lowest BCUT2D eigenvalue weighted by Crippen LogP contribution is -2.38. The van der Waals surface area contributed by atoms with Crippen LogP contribution >= 0.6 is 0 Å². The molecule has 9 heteroatoms. The minimum Gasteiger partial charge on any atom is -0.437 e. The summed E-state index contributed by atoms with van der Waals surface area (Å²) in [5.74, 6) is 0.286. The number of aromatic nitrogens is 4. The van der Waals surface area contributed by atoms with Crippen molar-refractivity contribution < 1.29 is 14.3 Å². The van der Waals surface area contributed by atoms with Crippen molar-refractivity contribution in [1.29, 1.82) is 5.26 Å². The number of carbonyl (C=O) groups is 1. The van der Waals surface area contributed by atoms with Gasteiger partial charge in [-0.3, -0.25) is 9.78 Å². The molecule has 1 aliphatic rings. The molecule has 2 N–H and O–H groups in total. The van der Waals surface area contributed by atoms with Crippen molar-refractivity contribution >= 4 is 33.7 Å². The van der Waals surface area contributed by atoms with Crippen LogP contribution in [0.1, 0.15) is 6.92 Å². The Hall–Kier alpha value is -5.07. The summed E-state index contributed by atoms with van der Waals surface area (Å²) in [6, 6.07) is 18.8. The van der Waals surface area contributed by atoms with E-state index < -0.39 is 5.91 Å². The second-order valence-electron chi connectivity index (χ2n) is 9.42. The molecule has 0 bridgehead atoms. The molecule has 1 amide bonds. The van der Waals surface area contributed by atoms with E-state index in [1.165, 1.54) is 6.20 Å². The summed E-state index contributed by atoms with van der Waals surface area (Å²) in [6.07, 6.45) is 6.85. The highest BCUT2D eigenvalue weighted by Crippen LogP contribution is 2.32. The molecule has 0 unspecified atom stereocenters. The van der Waals surface area contributed by atoms with Gasteiger partial charge in [0.15, 0.2) is 5.65 Å². The standard InChI is InChI=1S/C29H22N6O3/c1-29(16-37-17-29)12-20(13-30)28(36)34-21-5-2-6-22(11-21)38-25-15-33-27-26(35-25)23(14-32-27)18-7-8-24-19(10-18)4-3-9-31-24/h2-12,14-15H,16-17H2,1H3,(H,32,33)(H,34,36)/b20-12+. The van der Waals surface area contributed by atoms with Crippen molar-refractivity contribution in [2.24, 2.45) is 5.41 Å². The van der Waals surface area contributed by atoms with Gasteiger partial charge in [0.05, 0.1) is 24.9 Å². The van der Waals surface area contributed by atoms with Crippen LogP contribution in [0.25, 0.3) is 33.2 Å². The zero-order valence-electron chi connectivity index (χ0n) is 20.4. The molecule has 0 saturated carbocycles. The Morgan fingerprint density at radius 3 is 2.89 bits per heavy atom. The Kier molecular flexibility index (Phi) is 5.79. The quantitative estimate of drug-likeness (QED) is 0.235. The van der Waals surface area contributed by atoms with Gasteiger partial charge in [-0.05, 0) is 35.9 Å². The number of amides is 1. The molecule has 1 aliphatic heterocycles. The minimum absolute atomic E-state index is 0.0444. The number of nitrogens with one attached hydrogen (secondary N) is 2. The van der Waals surface area contributed by atoms with E-state index in [1.54, 1.807) is 36.5 Å². The zero-order valence-corrected chi connectivity index (χ0v) is 20.4. The number of nitriles is 1. The van der Waals surface area contributed by atoms with Crippen LogP contribution in [0.4, 0.5) is 5.69 Å². The number of fused-ring (bicyclic) bond motifs is 2. The first-order valence-electron chi connectivity index (χ1n) is 12.0. The average molecular weight is 503 g/mol. The normalized spacial score (nSPS) is 14.6. The van der Waals surface area contributed by atoms with Crippen molar-refractivity contribution in [2.45, 2.75) is 6.92 Å². The highest BCUT2D eigenvalue weighted by molar-refractivity contribution is 6.06. The summed E-state index contributed by atoms with van der Waals surface area (Å²) in [7, 11) is 0. The monoisotopic (exact) mass is 502 g/mol. The van der Waals surface area contributed by atoms with Gasteiger partial charge in [-0.25, -0.2) is 9.97 Å². The van der Waals surface area contributed by atoms with Gasteiger partial charge in [-0.1, -0.05) is 31.2 Å². The summed E-state index contributed by atoms with van der Waals surface area (Å²) in [5.41, 5.74) is 4.34. The van der Waals surface area contributed by atoms with E-state index in [0.717, 1.165) is 22.0 Å². The van der Waals surface area contributed by atoms with E-state index in [2.05, 4.69) is 26.3 Å². The number of ether oxygens (including phenoxy) is 2. The van der Waals surface area contributed by atoms with E-state index in [0.29, 0.717) is 41.7 Å². The molecule has 6 rings (SSSR count). The Balaban J connectivity index is 1.23. The predicted octanol–water partition coefficient (Wildman–Crippen LogP) is 5.39. The first kappa shape index (κ1) is 23.3. The van der Waals surface area contributed by atoms with Crippen LogP contribution in [0.2, 0.25) is 0 Å². The molecule has 2 aromatic carbocycles. The summed E-state index contributed by atoms with van der Waals surface area (Å²) in [6.45, 7) is 2.92. The van der Waals surface area contributed by atoms with Gasteiger partial charge in [-0.15, -0.1) is 0 Å². The maximum atomic E-state index is 12.7. The molecule has 5 aromatic rings. The van der Waals surface area contributed by atoms with E-state index >= 15 is 0 Å². The molecule has 0 atom stereocenters. The largest absolute Gasteiger partial charge is 0.437 e. The van der Waals surface area contributed by atoms with Gasteiger partial charge >= 0.3 is 0 Å². The van der Waals surface area contributed by atoms with Crippen LogP contribution < -0.4 is 10.1 Å². The third-order valence-corrected chi connectivity index (χ3v) is 6.31. The SMILES string of the molecule is CC1(/C=C(\C#N)C(=O)Nc2cccc(Oc3cnc4[nH]cc(-c5ccc6ncccc6c5)c4n3)c2)COC1. The number of rotatable bonds is 6. The fraction of sp³-hybridized carbons (Fsp3) is 0.138. The molecule has 0 radical (unpaired) electrons. The van der Waals surface area contributed by atoms with Crippen molar-refractivity contribution in [3.63, 3.8) is 0 Å². The third-order valence-electron chi connectivity index (χ3n) is 6.31. The number of aromatic amines is 1. The Bertz CT molecular complexity index is 1760. The topological polar surface area (TPSA) is 126 Å². The molecule has 1 fully saturated rings. The lowest BCUT2D eigenvalue weighted by molar-refractivity contribution is -0.112. The number of hydrogen-bond donors (Lipinski definition) is 2. The van der Waals surface area contributed by atoms with E-state index in [4.69, 9.17) is 14.5 Å². The van der Waals surface area contributed by atoms with Crippen molar-refractivity contribution in [1.82, 2.24) is 19.9 Å². The first-order valence-corrected chi connectivity index (χ1v) is 12.0. The number of H-pyrrole nitrogens is 1. The highest BCUT2D eigenvalue weighted by Gasteiger charge is 2.32. The maximum absolute atomic E-state index is 12.7. The van der Waals surface area contributed by atoms with E-state index in [9.17, 15) is 10.1 Å². The third kappa shape index (κ3) is 4.56. The van der Waals surface area contributed by atoms with Crippen LogP contribution in [0.15, 0.2) is 84.8 Å². The lowest BCUT2D eigenvalue weighted by Gasteiger charge is -2.35. The predicted molar refractivity (Wildman–Crippen MR) is 142 cm³/mol. The van der Waals surface area contributed by atoms with Crippen LogP contribution in [0, 0.1) is 16.7 Å². The summed E-state index contributed by atoms with van der Waals surface area (Å²) in [5, 5.41) is 13.3. The second-order valence-corrected chi connectivity index (χ2v) is 9.42. The molecule has 9 nitrogen and oxygen atoms in total. The van der Waals surface area contributed by atoms with Gasteiger partial charge in [0.1, 0.15) is 22.9 Å². The van der Waals surface area contributed by atoms with E-state index in [-0.39, 0.29) is 11.0 Å². The number of anilines is 1. The average Bonchev–Trinajstić information content (AvgIpc) is 3.34. The lowest BCUT2D eigenvalue weighted by atomic mass is 9.86. The summed E-state index contributed by atoms with van der Waals surface area (Å²) in [4.78, 5) is 29.4. The molecule has 0 aliphatic carbocycles. The fourth-order valence-electron chi connectivity index (χ4n) is 4.35. The van der Waals surface area contributed by atoms with Gasteiger partial charge in [0.25, 0.3) is 5.91 Å². The molecule has 3 aromatic heterocycles. The molecule has 4 heterocycles. The Morgan fingerprint density at radius 1 is 1.18 bits per heavy atom. The van der Waals surface area contributed by atoms with Crippen LogP contribution in [0.5, 0.6) is 11.6 Å². The summed E-state index contributed by atoms with van der Waals surface area (Å²) >= 11 is 0. The van der Waals surface area contributed by atoms with E-state index in [1.807, 2.05) is 43.5 Å². The van der Waals surface area contributed by atoms with Gasteiger partial charge in [0, 0.05) is 40.5 Å². The molecule has 1 saturated heterocycles. The number of benzene rings is 2. The van der Waals surface area contributed by atoms with Gasteiger partial charge < -0.3 is 19.8 Å².